The molecule has 110 valence electrons. The quantitative estimate of drug-likeness (QED) is 0.918. The fourth-order valence-electron chi connectivity index (χ4n) is 2.80. The fraction of sp³-hybridized carbons (Fsp3) is 0.562. The fourth-order valence-corrected chi connectivity index (χ4v) is 2.80. The summed E-state index contributed by atoms with van der Waals surface area (Å²) < 4.78 is 12.9. The molecule has 1 amide bonds. The second-order valence-electron chi connectivity index (χ2n) is 5.76. The van der Waals surface area contributed by atoms with Crippen molar-refractivity contribution in [2.45, 2.75) is 26.2 Å². The number of rotatable bonds is 4. The predicted octanol–water partition coefficient (Wildman–Crippen LogP) is 2.20. The second kappa shape index (κ2) is 6.84. The van der Waals surface area contributed by atoms with Gasteiger partial charge in [-0.1, -0.05) is 19.1 Å². The van der Waals surface area contributed by atoms with E-state index in [4.69, 9.17) is 5.73 Å². The number of hydrogen-bond donors (Lipinski definition) is 1. The molecule has 0 aromatic heterocycles. The van der Waals surface area contributed by atoms with E-state index in [1.807, 2.05) is 24.0 Å². The van der Waals surface area contributed by atoms with E-state index < -0.39 is 0 Å². The van der Waals surface area contributed by atoms with Crippen molar-refractivity contribution in [1.29, 1.82) is 0 Å². The molecular weight excluding hydrogens is 255 g/mol. The van der Waals surface area contributed by atoms with Gasteiger partial charge < -0.3 is 10.6 Å². The second-order valence-corrected chi connectivity index (χ2v) is 5.76. The number of amides is 1. The Morgan fingerprint density at radius 2 is 2.15 bits per heavy atom. The third kappa shape index (κ3) is 3.79. The molecule has 0 bridgehead atoms. The Balaban J connectivity index is 1.93. The van der Waals surface area contributed by atoms with Crippen LogP contribution in [0.4, 0.5) is 4.39 Å². The van der Waals surface area contributed by atoms with Gasteiger partial charge in [0.2, 0.25) is 5.91 Å². The van der Waals surface area contributed by atoms with Crippen LogP contribution >= 0.6 is 0 Å². The van der Waals surface area contributed by atoms with Crippen LogP contribution in [0.2, 0.25) is 0 Å². The molecule has 2 atom stereocenters. The molecule has 3 nitrogen and oxygen atoms in total. The monoisotopic (exact) mass is 278 g/mol. The zero-order valence-electron chi connectivity index (χ0n) is 12.0. The first-order chi connectivity index (χ1) is 9.60. The van der Waals surface area contributed by atoms with E-state index in [1.54, 1.807) is 0 Å². The van der Waals surface area contributed by atoms with Crippen LogP contribution in [0.1, 0.15) is 25.3 Å². The van der Waals surface area contributed by atoms with E-state index in [0.717, 1.165) is 37.9 Å². The molecule has 2 N–H and O–H groups in total. The van der Waals surface area contributed by atoms with Crippen molar-refractivity contribution in [3.8, 4) is 0 Å². The zero-order chi connectivity index (χ0) is 14.5. The van der Waals surface area contributed by atoms with Crippen LogP contribution in [-0.2, 0) is 11.2 Å². The lowest BCUT2D eigenvalue weighted by atomic mass is 9.90. The molecule has 4 heteroatoms. The molecule has 0 saturated carbocycles. The zero-order valence-corrected chi connectivity index (χ0v) is 12.0. The third-order valence-electron chi connectivity index (χ3n) is 4.04. The number of carbonyl (C=O) groups excluding carboxylic acids is 1. The van der Waals surface area contributed by atoms with Crippen molar-refractivity contribution in [2.24, 2.45) is 17.6 Å². The van der Waals surface area contributed by atoms with Crippen molar-refractivity contribution >= 4 is 5.91 Å². The molecule has 0 unspecified atom stereocenters. The number of halogens is 1. The Bertz CT molecular complexity index is 446. The molecule has 20 heavy (non-hydrogen) atoms. The molecule has 1 aromatic rings. The lowest BCUT2D eigenvalue weighted by molar-refractivity contribution is -0.136. The highest BCUT2D eigenvalue weighted by Gasteiger charge is 2.26. The molecule has 2 rings (SSSR count). The van der Waals surface area contributed by atoms with Gasteiger partial charge in [-0.25, -0.2) is 4.39 Å². The Kier molecular flexibility index (Phi) is 5.12. The lowest BCUT2D eigenvalue weighted by Crippen LogP contribution is -2.44. The van der Waals surface area contributed by atoms with Gasteiger partial charge in [-0.2, -0.15) is 0 Å². The average Bonchev–Trinajstić information content (AvgIpc) is 2.48. The van der Waals surface area contributed by atoms with Gasteiger partial charge in [0.05, 0.1) is 0 Å². The molecule has 1 aliphatic rings. The molecule has 0 spiro atoms. The summed E-state index contributed by atoms with van der Waals surface area (Å²) in [4.78, 5) is 14.1. The van der Waals surface area contributed by atoms with Crippen LogP contribution < -0.4 is 5.73 Å². The van der Waals surface area contributed by atoms with Crippen molar-refractivity contribution in [2.75, 3.05) is 19.6 Å². The SMILES string of the molecule is C[C@H](CN)C(=O)N1CCC[C@@H](Cc2ccc(F)cc2)C1. The molecule has 0 aliphatic carbocycles. The van der Waals surface area contributed by atoms with Gasteiger partial charge in [-0.15, -0.1) is 0 Å². The highest BCUT2D eigenvalue weighted by molar-refractivity contribution is 5.78. The maximum atomic E-state index is 12.9. The molecule has 1 fully saturated rings. The van der Waals surface area contributed by atoms with Gasteiger partial charge >= 0.3 is 0 Å². The number of hydrogen-bond acceptors (Lipinski definition) is 2. The van der Waals surface area contributed by atoms with Crippen molar-refractivity contribution < 1.29 is 9.18 Å². The summed E-state index contributed by atoms with van der Waals surface area (Å²) in [6.07, 6.45) is 3.06. The van der Waals surface area contributed by atoms with Crippen LogP contribution in [0.25, 0.3) is 0 Å². The molecular formula is C16H23FN2O. The molecule has 0 radical (unpaired) electrons. The van der Waals surface area contributed by atoms with E-state index in [9.17, 15) is 9.18 Å². The summed E-state index contributed by atoms with van der Waals surface area (Å²) in [5.41, 5.74) is 6.71. The smallest absolute Gasteiger partial charge is 0.226 e. The van der Waals surface area contributed by atoms with Gasteiger partial charge in [0.15, 0.2) is 0 Å². The summed E-state index contributed by atoms with van der Waals surface area (Å²) in [6.45, 7) is 3.91. The predicted molar refractivity (Wildman–Crippen MR) is 77.6 cm³/mol. The van der Waals surface area contributed by atoms with Gasteiger partial charge in [-0.05, 0) is 42.9 Å². The number of benzene rings is 1. The Hall–Kier alpha value is -1.42. The lowest BCUT2D eigenvalue weighted by Gasteiger charge is -2.34. The maximum Gasteiger partial charge on any atom is 0.226 e. The van der Waals surface area contributed by atoms with Crippen molar-refractivity contribution in [3.05, 3.63) is 35.6 Å². The maximum absolute atomic E-state index is 12.9. The largest absolute Gasteiger partial charge is 0.342 e. The molecule has 1 aliphatic heterocycles. The first-order valence-corrected chi connectivity index (χ1v) is 7.33. The minimum atomic E-state index is -0.203. The van der Waals surface area contributed by atoms with Gasteiger partial charge in [0.25, 0.3) is 0 Å². The summed E-state index contributed by atoms with van der Waals surface area (Å²) in [7, 11) is 0. The molecule has 1 aromatic carbocycles. The normalized spacial score (nSPS) is 20.8. The minimum Gasteiger partial charge on any atom is -0.342 e. The first-order valence-electron chi connectivity index (χ1n) is 7.33. The molecule has 1 saturated heterocycles. The number of piperidine rings is 1. The number of likely N-dealkylation sites (tertiary alicyclic amines) is 1. The van der Waals surface area contributed by atoms with E-state index >= 15 is 0 Å². The van der Waals surface area contributed by atoms with Crippen LogP contribution in [0.3, 0.4) is 0 Å². The summed E-state index contributed by atoms with van der Waals surface area (Å²) in [5, 5.41) is 0. The van der Waals surface area contributed by atoms with Gasteiger partial charge in [-0.3, -0.25) is 4.79 Å². The van der Waals surface area contributed by atoms with E-state index in [0.29, 0.717) is 12.5 Å². The minimum absolute atomic E-state index is 0.0976. The first kappa shape index (κ1) is 15.0. The standard InChI is InChI=1S/C16H23FN2O/c1-12(10-18)16(20)19-8-2-3-14(11-19)9-13-4-6-15(17)7-5-13/h4-7,12,14H,2-3,8-11,18H2,1H3/t12-,14+/m1/s1. The Morgan fingerprint density at radius 3 is 2.80 bits per heavy atom. The van der Waals surface area contributed by atoms with E-state index in [1.165, 1.54) is 12.1 Å². The third-order valence-corrected chi connectivity index (χ3v) is 4.04. The summed E-state index contributed by atoms with van der Waals surface area (Å²) >= 11 is 0. The molecule has 1 heterocycles. The Morgan fingerprint density at radius 1 is 1.45 bits per heavy atom. The van der Waals surface area contributed by atoms with Crippen molar-refractivity contribution in [3.63, 3.8) is 0 Å². The number of nitrogens with two attached hydrogens (primary N) is 1. The highest BCUT2D eigenvalue weighted by Crippen LogP contribution is 2.22. The van der Waals surface area contributed by atoms with Gasteiger partial charge in [0.1, 0.15) is 5.82 Å². The topological polar surface area (TPSA) is 46.3 Å². The van der Waals surface area contributed by atoms with Gasteiger partial charge in [0, 0.05) is 25.6 Å². The van der Waals surface area contributed by atoms with E-state index in [2.05, 4.69) is 0 Å². The highest BCUT2D eigenvalue weighted by atomic mass is 19.1. The van der Waals surface area contributed by atoms with Crippen LogP contribution in [0, 0.1) is 17.7 Å². The van der Waals surface area contributed by atoms with Crippen LogP contribution in [0.15, 0.2) is 24.3 Å². The van der Waals surface area contributed by atoms with Crippen LogP contribution in [-0.4, -0.2) is 30.4 Å². The van der Waals surface area contributed by atoms with E-state index in [-0.39, 0.29) is 17.6 Å². The Labute approximate surface area is 120 Å². The number of carbonyl (C=O) groups is 1. The number of nitrogens with zero attached hydrogens (tertiary/aromatic N) is 1. The average molecular weight is 278 g/mol. The summed E-state index contributed by atoms with van der Waals surface area (Å²) in [5.74, 6) is 0.324. The summed E-state index contributed by atoms with van der Waals surface area (Å²) in [6, 6.07) is 6.66. The van der Waals surface area contributed by atoms with Crippen molar-refractivity contribution in [1.82, 2.24) is 4.90 Å². The van der Waals surface area contributed by atoms with Crippen LogP contribution in [0.5, 0.6) is 0 Å².